The van der Waals surface area contributed by atoms with Crippen LogP contribution in [-0.2, 0) is 13.0 Å². The molecule has 1 saturated heterocycles. The fourth-order valence-corrected chi connectivity index (χ4v) is 6.26. The third kappa shape index (κ3) is 4.89. The number of halogens is 2. The maximum Gasteiger partial charge on any atom is 0.407 e. The van der Waals surface area contributed by atoms with Crippen molar-refractivity contribution in [1.82, 2.24) is 19.4 Å². The van der Waals surface area contributed by atoms with Crippen molar-refractivity contribution in [2.75, 3.05) is 13.1 Å². The topological polar surface area (TPSA) is 71.2 Å². The van der Waals surface area contributed by atoms with E-state index in [0.717, 1.165) is 45.0 Å². The normalized spacial score (nSPS) is 14.5. The zero-order valence-corrected chi connectivity index (χ0v) is 22.6. The Labute approximate surface area is 234 Å². The van der Waals surface area contributed by atoms with Gasteiger partial charge in [0.2, 0.25) is 0 Å². The summed E-state index contributed by atoms with van der Waals surface area (Å²) in [5.41, 5.74) is 5.31. The number of amides is 1. The summed E-state index contributed by atoms with van der Waals surface area (Å²) < 4.78 is 2.25. The molecule has 1 unspecified atom stereocenters. The standard InChI is InChI=1S/C29H24Cl2N4O2S/c30-22-7-4-19(5-8-22)26(28-32-11-13-38-28)20-6-9-24-25(15-20)35(12-10-18-2-1-3-23(31)14-18)27(33-24)21-16-34(17-21)29(36)37/h1-9,11,13-15,21,26H,10,12,16-17H2,(H,36,37). The highest BCUT2D eigenvalue weighted by molar-refractivity contribution is 7.09. The highest BCUT2D eigenvalue weighted by Gasteiger charge is 2.35. The highest BCUT2D eigenvalue weighted by atomic mass is 35.5. The average Bonchev–Trinajstić information content (AvgIpc) is 3.51. The summed E-state index contributed by atoms with van der Waals surface area (Å²) in [4.78, 5) is 22.5. The summed E-state index contributed by atoms with van der Waals surface area (Å²) in [7, 11) is 0. The Morgan fingerprint density at radius 3 is 2.53 bits per heavy atom. The van der Waals surface area contributed by atoms with Gasteiger partial charge in [-0.15, -0.1) is 11.3 Å². The lowest BCUT2D eigenvalue weighted by Gasteiger charge is -2.36. The molecule has 6 rings (SSSR count). The van der Waals surface area contributed by atoms with Gasteiger partial charge < -0.3 is 14.6 Å². The van der Waals surface area contributed by atoms with Crippen LogP contribution in [0.15, 0.2) is 78.3 Å². The van der Waals surface area contributed by atoms with Gasteiger partial charge in [-0.3, -0.25) is 0 Å². The van der Waals surface area contributed by atoms with Gasteiger partial charge >= 0.3 is 6.09 Å². The van der Waals surface area contributed by atoms with E-state index < -0.39 is 6.09 Å². The molecule has 3 heterocycles. The number of imidazole rings is 1. The van der Waals surface area contributed by atoms with Crippen molar-refractivity contribution >= 4 is 51.7 Å². The smallest absolute Gasteiger partial charge is 0.407 e. The minimum absolute atomic E-state index is 0.0393. The largest absolute Gasteiger partial charge is 0.465 e. The molecule has 1 atom stereocenters. The number of carboxylic acid groups (broad SMARTS) is 1. The summed E-state index contributed by atoms with van der Waals surface area (Å²) in [5.74, 6) is 0.948. The first-order valence-electron chi connectivity index (χ1n) is 12.3. The monoisotopic (exact) mass is 562 g/mol. The van der Waals surface area contributed by atoms with E-state index in [9.17, 15) is 9.90 Å². The van der Waals surface area contributed by atoms with Crippen LogP contribution in [0, 0.1) is 0 Å². The molecule has 0 radical (unpaired) electrons. The van der Waals surface area contributed by atoms with Crippen LogP contribution in [0.3, 0.4) is 0 Å². The first-order valence-corrected chi connectivity index (χ1v) is 14.0. The zero-order valence-electron chi connectivity index (χ0n) is 20.3. The van der Waals surface area contributed by atoms with Crippen LogP contribution in [-0.4, -0.2) is 43.7 Å². The van der Waals surface area contributed by atoms with Crippen molar-refractivity contribution < 1.29 is 9.90 Å². The molecule has 6 nitrogen and oxygen atoms in total. The number of aryl methyl sites for hydroxylation is 2. The van der Waals surface area contributed by atoms with Gasteiger partial charge in [0, 0.05) is 41.3 Å². The number of benzene rings is 3. The number of fused-ring (bicyclic) bond motifs is 1. The van der Waals surface area contributed by atoms with E-state index in [4.69, 9.17) is 28.2 Å². The Hall–Kier alpha value is -3.39. The van der Waals surface area contributed by atoms with E-state index in [0.29, 0.717) is 29.7 Å². The Kier molecular flexibility index (Phi) is 6.82. The van der Waals surface area contributed by atoms with Crippen LogP contribution < -0.4 is 0 Å². The third-order valence-corrected chi connectivity index (χ3v) is 8.39. The van der Waals surface area contributed by atoms with E-state index in [-0.39, 0.29) is 11.8 Å². The van der Waals surface area contributed by atoms with Crippen LogP contribution >= 0.6 is 34.5 Å². The Bertz CT molecular complexity index is 1600. The summed E-state index contributed by atoms with van der Waals surface area (Å²) in [6, 6.07) is 22.2. The zero-order chi connectivity index (χ0) is 26.2. The number of hydrogen-bond acceptors (Lipinski definition) is 4. The molecular formula is C29H24Cl2N4O2S. The fraction of sp³-hybridized carbons (Fsp3) is 0.207. The molecule has 0 saturated carbocycles. The summed E-state index contributed by atoms with van der Waals surface area (Å²) >= 11 is 14.1. The van der Waals surface area contributed by atoms with E-state index in [1.54, 1.807) is 11.3 Å². The lowest BCUT2D eigenvalue weighted by Crippen LogP contribution is -2.48. The quantitative estimate of drug-likeness (QED) is 0.226. The number of rotatable bonds is 7. The average molecular weight is 564 g/mol. The van der Waals surface area contributed by atoms with Crippen LogP contribution in [0.1, 0.15) is 39.4 Å². The molecule has 0 bridgehead atoms. The van der Waals surface area contributed by atoms with Crippen molar-refractivity contribution in [2.24, 2.45) is 0 Å². The Morgan fingerprint density at radius 2 is 1.82 bits per heavy atom. The van der Waals surface area contributed by atoms with Crippen LogP contribution in [0.2, 0.25) is 10.0 Å². The van der Waals surface area contributed by atoms with Crippen LogP contribution in [0.4, 0.5) is 4.79 Å². The van der Waals surface area contributed by atoms with Gasteiger partial charge in [-0.25, -0.2) is 14.8 Å². The predicted octanol–water partition coefficient (Wildman–Crippen LogP) is 7.30. The first kappa shape index (κ1) is 24.9. The number of nitrogens with zero attached hydrogens (tertiary/aromatic N) is 4. The molecule has 1 amide bonds. The van der Waals surface area contributed by atoms with Crippen molar-refractivity contribution in [3.05, 3.63) is 116 Å². The molecule has 1 aliphatic heterocycles. The summed E-state index contributed by atoms with van der Waals surface area (Å²) in [5, 5.41) is 13.8. The highest BCUT2D eigenvalue weighted by Crippen LogP contribution is 2.36. The fourth-order valence-electron chi connectivity index (χ4n) is 5.13. The van der Waals surface area contributed by atoms with Crippen molar-refractivity contribution in [2.45, 2.75) is 24.8 Å². The van der Waals surface area contributed by atoms with Gasteiger partial charge in [-0.2, -0.15) is 0 Å². The molecule has 0 spiro atoms. The number of likely N-dealkylation sites (tertiary alicyclic amines) is 1. The van der Waals surface area contributed by atoms with E-state index >= 15 is 0 Å². The molecule has 3 aromatic carbocycles. The molecule has 1 aliphatic rings. The molecule has 2 aromatic heterocycles. The maximum absolute atomic E-state index is 11.4. The molecule has 1 N–H and O–H groups in total. The number of thiazole rings is 1. The van der Waals surface area contributed by atoms with Gasteiger partial charge in [-0.1, -0.05) is 53.5 Å². The minimum atomic E-state index is -0.889. The number of aromatic nitrogens is 3. The lowest BCUT2D eigenvalue weighted by atomic mass is 9.91. The number of hydrogen-bond donors (Lipinski definition) is 1. The maximum atomic E-state index is 11.4. The Morgan fingerprint density at radius 1 is 1.03 bits per heavy atom. The van der Waals surface area contributed by atoms with Gasteiger partial charge in [0.25, 0.3) is 0 Å². The molecule has 1 fully saturated rings. The lowest BCUT2D eigenvalue weighted by molar-refractivity contribution is 0.102. The van der Waals surface area contributed by atoms with Crippen LogP contribution in [0.25, 0.3) is 11.0 Å². The summed E-state index contributed by atoms with van der Waals surface area (Å²) in [6.07, 6.45) is 1.73. The molecule has 9 heteroatoms. The second-order valence-electron chi connectivity index (χ2n) is 9.49. The molecule has 192 valence electrons. The second-order valence-corrected chi connectivity index (χ2v) is 11.3. The van der Waals surface area contributed by atoms with E-state index in [1.165, 1.54) is 4.90 Å². The number of carbonyl (C=O) groups is 1. The Balaban J connectivity index is 1.42. The molecule has 0 aliphatic carbocycles. The van der Waals surface area contributed by atoms with Crippen LogP contribution in [0.5, 0.6) is 0 Å². The van der Waals surface area contributed by atoms with E-state index in [2.05, 4.69) is 45.9 Å². The van der Waals surface area contributed by atoms with Crippen molar-refractivity contribution in [3.63, 3.8) is 0 Å². The SMILES string of the molecule is O=C(O)N1CC(c2nc3ccc(C(c4ccc(Cl)cc4)c4nccs4)cc3n2CCc2cccc(Cl)c2)C1. The van der Waals surface area contributed by atoms with E-state index in [1.807, 2.05) is 41.9 Å². The van der Waals surface area contributed by atoms with Gasteiger partial charge in [0.05, 0.1) is 22.9 Å². The molecule has 38 heavy (non-hydrogen) atoms. The molecular weight excluding hydrogens is 539 g/mol. The summed E-state index contributed by atoms with van der Waals surface area (Å²) in [6.45, 7) is 1.62. The minimum Gasteiger partial charge on any atom is -0.465 e. The third-order valence-electron chi connectivity index (χ3n) is 7.07. The second kappa shape index (κ2) is 10.4. The molecule has 5 aromatic rings. The van der Waals surface area contributed by atoms with Gasteiger partial charge in [0.1, 0.15) is 10.8 Å². The predicted molar refractivity (Wildman–Crippen MR) is 152 cm³/mol. The van der Waals surface area contributed by atoms with Gasteiger partial charge in [-0.05, 0) is 59.5 Å². The van der Waals surface area contributed by atoms with Crippen molar-refractivity contribution in [1.29, 1.82) is 0 Å². The van der Waals surface area contributed by atoms with Gasteiger partial charge in [0.15, 0.2) is 0 Å². The van der Waals surface area contributed by atoms with Crippen molar-refractivity contribution in [3.8, 4) is 0 Å². The first-order chi connectivity index (χ1) is 18.5.